The van der Waals surface area contributed by atoms with Gasteiger partial charge in [-0.05, 0) is 42.8 Å². The molecule has 0 heterocycles. The average Bonchev–Trinajstić information content (AvgIpc) is 2.41. The van der Waals surface area contributed by atoms with Crippen LogP contribution in [0, 0.1) is 18.3 Å². The van der Waals surface area contributed by atoms with Gasteiger partial charge in [0.15, 0.2) is 0 Å². The molecule has 2 aromatic carbocycles. The predicted octanol–water partition coefficient (Wildman–Crippen LogP) is 3.01. The molecule has 5 nitrogen and oxygen atoms in total. The van der Waals surface area contributed by atoms with Crippen molar-refractivity contribution in [1.82, 2.24) is 0 Å². The van der Waals surface area contributed by atoms with E-state index in [1.165, 1.54) is 18.2 Å². The van der Waals surface area contributed by atoms with Crippen molar-refractivity contribution in [3.8, 4) is 6.07 Å². The van der Waals surface area contributed by atoms with Gasteiger partial charge < -0.3 is 5.73 Å². The molecule has 0 bridgehead atoms. The van der Waals surface area contributed by atoms with Gasteiger partial charge in [-0.15, -0.1) is 0 Å². The van der Waals surface area contributed by atoms with Crippen LogP contribution in [0.3, 0.4) is 0 Å². The highest BCUT2D eigenvalue weighted by molar-refractivity contribution is 9.10. The Balaban J connectivity index is 2.50. The fourth-order valence-corrected chi connectivity index (χ4v) is 3.52. The number of nitrogen functional groups attached to an aromatic ring is 1. The molecule has 0 spiro atoms. The largest absolute Gasteiger partial charge is 0.399 e. The van der Waals surface area contributed by atoms with E-state index in [-0.39, 0.29) is 16.1 Å². The number of nitrogens with two attached hydrogens (primary N) is 1. The van der Waals surface area contributed by atoms with Crippen LogP contribution in [-0.2, 0) is 10.0 Å². The normalized spacial score (nSPS) is 10.9. The number of hydrogen-bond donors (Lipinski definition) is 2. The van der Waals surface area contributed by atoms with Crippen LogP contribution in [0.25, 0.3) is 0 Å². The molecular weight excluding hydrogens is 354 g/mol. The second-order valence-electron chi connectivity index (χ2n) is 4.43. The van der Waals surface area contributed by atoms with Gasteiger partial charge in [-0.1, -0.05) is 22.0 Å². The van der Waals surface area contributed by atoms with Crippen molar-refractivity contribution in [2.24, 2.45) is 0 Å². The predicted molar refractivity (Wildman–Crippen MR) is 85.3 cm³/mol. The third-order valence-corrected chi connectivity index (χ3v) is 4.85. The van der Waals surface area contributed by atoms with E-state index in [4.69, 9.17) is 11.0 Å². The lowest BCUT2D eigenvalue weighted by molar-refractivity contribution is 0.600. The van der Waals surface area contributed by atoms with E-state index in [1.807, 2.05) is 6.07 Å². The first-order chi connectivity index (χ1) is 9.83. The molecule has 0 atom stereocenters. The molecule has 0 aliphatic rings. The van der Waals surface area contributed by atoms with Gasteiger partial charge in [0.2, 0.25) is 0 Å². The smallest absolute Gasteiger partial charge is 0.262 e. The summed E-state index contributed by atoms with van der Waals surface area (Å²) < 4.78 is 28.0. The molecule has 0 aliphatic heterocycles. The van der Waals surface area contributed by atoms with E-state index in [1.54, 1.807) is 25.1 Å². The van der Waals surface area contributed by atoms with Crippen molar-refractivity contribution in [1.29, 1.82) is 5.26 Å². The number of hydrogen-bond acceptors (Lipinski definition) is 4. The average molecular weight is 366 g/mol. The molecule has 2 aromatic rings. The Hall–Kier alpha value is -2.04. The SMILES string of the molecule is Cc1ccc(N)cc1S(=O)(=O)Nc1cc(Br)ccc1C#N. The summed E-state index contributed by atoms with van der Waals surface area (Å²) in [6, 6.07) is 11.4. The Morgan fingerprint density at radius 1 is 1.24 bits per heavy atom. The van der Waals surface area contributed by atoms with Crippen molar-refractivity contribution < 1.29 is 8.42 Å². The molecule has 0 aliphatic carbocycles. The van der Waals surface area contributed by atoms with Crippen molar-refractivity contribution >= 4 is 37.3 Å². The third kappa shape index (κ3) is 3.35. The molecule has 0 aromatic heterocycles. The van der Waals surface area contributed by atoms with Crippen LogP contribution in [-0.4, -0.2) is 8.42 Å². The van der Waals surface area contributed by atoms with Crippen molar-refractivity contribution in [2.75, 3.05) is 10.5 Å². The van der Waals surface area contributed by atoms with Crippen LogP contribution in [0.5, 0.6) is 0 Å². The zero-order valence-corrected chi connectivity index (χ0v) is 13.5. The third-order valence-electron chi connectivity index (χ3n) is 2.85. The second kappa shape index (κ2) is 5.76. The van der Waals surface area contributed by atoms with Gasteiger partial charge in [-0.25, -0.2) is 8.42 Å². The molecule has 21 heavy (non-hydrogen) atoms. The van der Waals surface area contributed by atoms with Crippen molar-refractivity contribution in [2.45, 2.75) is 11.8 Å². The summed E-state index contributed by atoms with van der Waals surface area (Å²) in [6.07, 6.45) is 0. The van der Waals surface area contributed by atoms with Gasteiger partial charge in [0.05, 0.1) is 16.1 Å². The minimum absolute atomic E-state index is 0.0892. The van der Waals surface area contributed by atoms with E-state index >= 15 is 0 Å². The lowest BCUT2D eigenvalue weighted by atomic mass is 10.2. The maximum Gasteiger partial charge on any atom is 0.262 e. The molecular formula is C14H12BrN3O2S. The summed E-state index contributed by atoms with van der Waals surface area (Å²) in [6.45, 7) is 1.68. The van der Waals surface area contributed by atoms with E-state index in [9.17, 15) is 8.42 Å². The first-order valence-electron chi connectivity index (χ1n) is 5.92. The van der Waals surface area contributed by atoms with Crippen LogP contribution < -0.4 is 10.5 Å². The molecule has 0 saturated carbocycles. The van der Waals surface area contributed by atoms with E-state index in [0.29, 0.717) is 15.7 Å². The summed E-state index contributed by atoms with van der Waals surface area (Å²) in [5.41, 5.74) is 7.03. The van der Waals surface area contributed by atoms with Crippen molar-refractivity contribution in [3.63, 3.8) is 0 Å². The zero-order valence-electron chi connectivity index (χ0n) is 11.1. The molecule has 7 heteroatoms. The summed E-state index contributed by atoms with van der Waals surface area (Å²) >= 11 is 3.25. The summed E-state index contributed by atoms with van der Waals surface area (Å²) in [4.78, 5) is 0.0892. The number of nitriles is 1. The maximum atomic E-state index is 12.5. The molecule has 0 amide bonds. The van der Waals surface area contributed by atoms with Gasteiger partial charge in [0.25, 0.3) is 10.0 Å². The fraction of sp³-hybridized carbons (Fsp3) is 0.0714. The number of rotatable bonds is 3. The fourth-order valence-electron chi connectivity index (χ4n) is 1.80. The molecule has 0 saturated heterocycles. The number of nitrogens with one attached hydrogen (secondary N) is 1. The first-order valence-corrected chi connectivity index (χ1v) is 8.20. The topological polar surface area (TPSA) is 96.0 Å². The Labute approximate surface area is 131 Å². The lowest BCUT2D eigenvalue weighted by Gasteiger charge is -2.12. The van der Waals surface area contributed by atoms with Crippen LogP contribution in [0.15, 0.2) is 45.8 Å². The standard InChI is InChI=1S/C14H12BrN3O2S/c1-9-2-5-12(17)7-14(9)21(19,20)18-13-6-11(15)4-3-10(13)8-16/h2-7,18H,17H2,1H3. The summed E-state index contributed by atoms with van der Waals surface area (Å²) in [7, 11) is -3.82. The Kier molecular flexibility index (Phi) is 4.21. The summed E-state index contributed by atoms with van der Waals surface area (Å²) in [5.74, 6) is 0. The molecule has 0 radical (unpaired) electrons. The Morgan fingerprint density at radius 3 is 2.62 bits per heavy atom. The minimum atomic E-state index is -3.82. The highest BCUT2D eigenvalue weighted by Gasteiger charge is 2.19. The monoisotopic (exact) mass is 365 g/mol. The van der Waals surface area contributed by atoms with Crippen LogP contribution in [0.1, 0.15) is 11.1 Å². The molecule has 2 rings (SSSR count). The molecule has 3 N–H and O–H groups in total. The Morgan fingerprint density at radius 2 is 1.95 bits per heavy atom. The number of halogens is 1. The minimum Gasteiger partial charge on any atom is -0.399 e. The highest BCUT2D eigenvalue weighted by Crippen LogP contribution is 2.26. The number of aryl methyl sites for hydroxylation is 1. The number of anilines is 2. The van der Waals surface area contributed by atoms with E-state index in [2.05, 4.69) is 20.7 Å². The van der Waals surface area contributed by atoms with Gasteiger partial charge in [0.1, 0.15) is 6.07 Å². The molecule has 0 unspecified atom stereocenters. The second-order valence-corrected chi connectivity index (χ2v) is 7.00. The number of sulfonamides is 1. The number of benzene rings is 2. The summed E-state index contributed by atoms with van der Waals surface area (Å²) in [5, 5.41) is 9.06. The zero-order chi connectivity index (χ0) is 15.6. The number of nitrogens with zero attached hydrogens (tertiary/aromatic N) is 1. The molecule has 108 valence electrons. The van der Waals surface area contributed by atoms with Gasteiger partial charge in [-0.3, -0.25) is 4.72 Å². The maximum absolute atomic E-state index is 12.5. The first kappa shape index (κ1) is 15.4. The Bertz CT molecular complexity index is 842. The van der Waals surface area contributed by atoms with E-state index in [0.717, 1.165) is 0 Å². The van der Waals surface area contributed by atoms with Gasteiger partial charge >= 0.3 is 0 Å². The van der Waals surface area contributed by atoms with E-state index < -0.39 is 10.0 Å². The highest BCUT2D eigenvalue weighted by atomic mass is 79.9. The lowest BCUT2D eigenvalue weighted by Crippen LogP contribution is -2.15. The van der Waals surface area contributed by atoms with Crippen LogP contribution in [0.4, 0.5) is 11.4 Å². The quantitative estimate of drug-likeness (QED) is 0.817. The molecule has 0 fully saturated rings. The van der Waals surface area contributed by atoms with Crippen LogP contribution >= 0.6 is 15.9 Å². The van der Waals surface area contributed by atoms with Gasteiger partial charge in [0, 0.05) is 10.2 Å². The van der Waals surface area contributed by atoms with Crippen LogP contribution in [0.2, 0.25) is 0 Å². The van der Waals surface area contributed by atoms with Gasteiger partial charge in [-0.2, -0.15) is 5.26 Å². The van der Waals surface area contributed by atoms with Crippen molar-refractivity contribution in [3.05, 3.63) is 52.0 Å².